The second-order valence-electron chi connectivity index (χ2n) is 5.14. The number of benzene rings is 2. The Kier molecular flexibility index (Phi) is 3.45. The maximum atomic E-state index is 13.3. The zero-order valence-corrected chi connectivity index (χ0v) is 11.3. The average Bonchev–Trinajstić information content (AvgIpc) is 2.46. The van der Waals surface area contributed by atoms with E-state index in [1.165, 1.54) is 17.7 Å². The smallest absolute Gasteiger partial charge is 0.128 e. The fourth-order valence-corrected chi connectivity index (χ4v) is 2.59. The molecule has 2 atom stereocenters. The third-order valence-electron chi connectivity index (χ3n) is 3.80. The molecule has 0 amide bonds. The lowest BCUT2D eigenvalue weighted by Crippen LogP contribution is -2.19. The molecule has 0 aliphatic carbocycles. The number of halogens is 1. The first-order chi connectivity index (χ1) is 9.67. The molecule has 0 saturated carbocycles. The molecule has 2 aromatic rings. The second kappa shape index (κ2) is 5.25. The molecule has 1 aliphatic rings. The number of fused-ring (bicyclic) bond motifs is 1. The summed E-state index contributed by atoms with van der Waals surface area (Å²) in [5, 5.41) is 10.2. The van der Waals surface area contributed by atoms with Crippen LogP contribution in [0.3, 0.4) is 0 Å². The quantitative estimate of drug-likeness (QED) is 0.897. The topological polar surface area (TPSA) is 29.5 Å². The summed E-state index contributed by atoms with van der Waals surface area (Å²) in [6.07, 6.45) is 0.632. The van der Waals surface area contributed by atoms with Crippen LogP contribution in [0.25, 0.3) is 0 Å². The van der Waals surface area contributed by atoms with Crippen LogP contribution in [-0.2, 0) is 6.42 Å². The van der Waals surface area contributed by atoms with Gasteiger partial charge in [-0.1, -0.05) is 31.2 Å². The van der Waals surface area contributed by atoms with Crippen molar-refractivity contribution in [2.24, 2.45) is 0 Å². The number of hydrogen-bond donors (Lipinski definition) is 1. The molecular weight excluding hydrogens is 255 g/mol. The van der Waals surface area contributed by atoms with Gasteiger partial charge >= 0.3 is 0 Å². The Morgan fingerprint density at radius 1 is 1.20 bits per heavy atom. The van der Waals surface area contributed by atoms with Crippen LogP contribution < -0.4 is 4.74 Å². The van der Waals surface area contributed by atoms with Gasteiger partial charge in [0.25, 0.3) is 0 Å². The molecule has 104 valence electrons. The summed E-state index contributed by atoms with van der Waals surface area (Å²) in [4.78, 5) is 0. The molecule has 1 aliphatic heterocycles. The van der Waals surface area contributed by atoms with Crippen molar-refractivity contribution in [1.29, 1.82) is 0 Å². The van der Waals surface area contributed by atoms with E-state index in [9.17, 15) is 9.50 Å². The molecule has 1 unspecified atom stereocenters. The second-order valence-corrected chi connectivity index (χ2v) is 5.14. The summed E-state index contributed by atoms with van der Waals surface area (Å²) < 4.78 is 19.1. The van der Waals surface area contributed by atoms with E-state index >= 15 is 0 Å². The Morgan fingerprint density at radius 3 is 2.65 bits per heavy atom. The molecule has 0 aromatic heterocycles. The maximum absolute atomic E-state index is 13.3. The number of rotatable bonds is 2. The molecular formula is C17H17FO2. The Balaban J connectivity index is 1.89. The molecule has 0 saturated heterocycles. The van der Waals surface area contributed by atoms with E-state index in [1.807, 2.05) is 12.1 Å². The molecule has 0 spiro atoms. The monoisotopic (exact) mass is 272 g/mol. The Hall–Kier alpha value is -1.87. The van der Waals surface area contributed by atoms with Crippen LogP contribution in [0.5, 0.6) is 5.75 Å². The Bertz CT molecular complexity index is 607. The van der Waals surface area contributed by atoms with Crippen molar-refractivity contribution in [2.75, 3.05) is 0 Å². The summed E-state index contributed by atoms with van der Waals surface area (Å²) in [7, 11) is 0. The Morgan fingerprint density at radius 2 is 1.95 bits per heavy atom. The number of hydrogen-bond acceptors (Lipinski definition) is 2. The maximum Gasteiger partial charge on any atom is 0.128 e. The van der Waals surface area contributed by atoms with E-state index in [0.29, 0.717) is 17.7 Å². The standard InChI is InChI=1S/C17H17FO2/c1-2-11-3-5-12(6-4-11)16-10-15(19)14-8-7-13(18)9-17(14)20-16/h3-9,15-16,19H,2,10H2,1H3/t15-,16?/m1/s1. The third kappa shape index (κ3) is 2.41. The van der Waals surface area contributed by atoms with Crippen molar-refractivity contribution in [3.8, 4) is 5.75 Å². The zero-order chi connectivity index (χ0) is 14.1. The molecule has 1 N–H and O–H groups in total. The van der Waals surface area contributed by atoms with E-state index < -0.39 is 6.10 Å². The number of aliphatic hydroxyl groups is 1. The molecule has 0 radical (unpaired) electrons. The van der Waals surface area contributed by atoms with Gasteiger partial charge in [0, 0.05) is 18.1 Å². The molecule has 3 heteroatoms. The molecule has 1 heterocycles. The van der Waals surface area contributed by atoms with Gasteiger partial charge in [-0.25, -0.2) is 4.39 Å². The van der Waals surface area contributed by atoms with E-state index in [1.54, 1.807) is 6.07 Å². The summed E-state index contributed by atoms with van der Waals surface area (Å²) in [5.74, 6) is 0.0891. The van der Waals surface area contributed by atoms with Crippen molar-refractivity contribution in [1.82, 2.24) is 0 Å². The summed E-state index contributed by atoms with van der Waals surface area (Å²) >= 11 is 0. The number of aryl methyl sites for hydroxylation is 1. The van der Waals surface area contributed by atoms with E-state index in [-0.39, 0.29) is 11.9 Å². The minimum atomic E-state index is -0.616. The highest BCUT2D eigenvalue weighted by atomic mass is 19.1. The number of ether oxygens (including phenoxy) is 1. The van der Waals surface area contributed by atoms with Crippen molar-refractivity contribution < 1.29 is 14.2 Å². The van der Waals surface area contributed by atoms with Gasteiger partial charge in [0.05, 0.1) is 6.10 Å². The molecule has 0 bridgehead atoms. The summed E-state index contributed by atoms with van der Waals surface area (Å²) in [6.45, 7) is 2.11. The van der Waals surface area contributed by atoms with Gasteiger partial charge in [0.15, 0.2) is 0 Å². The lowest BCUT2D eigenvalue weighted by Gasteiger charge is -2.30. The molecule has 2 nitrogen and oxygen atoms in total. The largest absolute Gasteiger partial charge is 0.485 e. The molecule has 3 rings (SSSR count). The summed E-state index contributed by atoms with van der Waals surface area (Å²) in [5.41, 5.74) is 2.93. The fraction of sp³-hybridized carbons (Fsp3) is 0.294. The summed E-state index contributed by atoms with van der Waals surface area (Å²) in [6, 6.07) is 12.4. The first-order valence-electron chi connectivity index (χ1n) is 6.90. The average molecular weight is 272 g/mol. The van der Waals surface area contributed by atoms with Crippen molar-refractivity contribution >= 4 is 0 Å². The van der Waals surface area contributed by atoms with E-state index in [2.05, 4.69) is 19.1 Å². The Labute approximate surface area is 117 Å². The molecule has 0 fully saturated rings. The highest BCUT2D eigenvalue weighted by Gasteiger charge is 2.28. The minimum Gasteiger partial charge on any atom is -0.485 e. The first kappa shape index (κ1) is 13.1. The third-order valence-corrected chi connectivity index (χ3v) is 3.80. The lowest BCUT2D eigenvalue weighted by atomic mass is 9.94. The van der Waals surface area contributed by atoms with Gasteiger partial charge in [-0.2, -0.15) is 0 Å². The van der Waals surface area contributed by atoms with E-state index in [0.717, 1.165) is 12.0 Å². The van der Waals surface area contributed by atoms with Crippen LogP contribution in [-0.4, -0.2) is 5.11 Å². The van der Waals surface area contributed by atoms with Crippen molar-refractivity contribution in [3.63, 3.8) is 0 Å². The highest BCUT2D eigenvalue weighted by Crippen LogP contribution is 2.40. The highest BCUT2D eigenvalue weighted by molar-refractivity contribution is 5.39. The van der Waals surface area contributed by atoms with Crippen molar-refractivity contribution in [3.05, 3.63) is 65.0 Å². The SMILES string of the molecule is CCc1ccc(C2C[C@@H](O)c3ccc(F)cc3O2)cc1. The molecule has 2 aromatic carbocycles. The van der Waals surface area contributed by atoms with Crippen LogP contribution in [0.1, 0.15) is 42.2 Å². The van der Waals surface area contributed by atoms with Gasteiger partial charge in [0.1, 0.15) is 17.7 Å². The minimum absolute atomic E-state index is 0.231. The fourth-order valence-electron chi connectivity index (χ4n) is 2.59. The first-order valence-corrected chi connectivity index (χ1v) is 6.90. The van der Waals surface area contributed by atoms with Gasteiger partial charge < -0.3 is 9.84 Å². The predicted molar refractivity (Wildman–Crippen MR) is 75.2 cm³/mol. The van der Waals surface area contributed by atoms with Gasteiger partial charge in [-0.15, -0.1) is 0 Å². The van der Waals surface area contributed by atoms with Gasteiger partial charge in [-0.3, -0.25) is 0 Å². The normalized spacial score (nSPS) is 21.1. The molecule has 20 heavy (non-hydrogen) atoms. The predicted octanol–water partition coefficient (Wildman–Crippen LogP) is 3.95. The zero-order valence-electron chi connectivity index (χ0n) is 11.3. The van der Waals surface area contributed by atoms with Crippen LogP contribution in [0.15, 0.2) is 42.5 Å². The van der Waals surface area contributed by atoms with Crippen LogP contribution >= 0.6 is 0 Å². The van der Waals surface area contributed by atoms with Crippen LogP contribution in [0.4, 0.5) is 4.39 Å². The van der Waals surface area contributed by atoms with Crippen LogP contribution in [0.2, 0.25) is 0 Å². The van der Waals surface area contributed by atoms with Gasteiger partial charge in [0.2, 0.25) is 0 Å². The van der Waals surface area contributed by atoms with Crippen LogP contribution in [0, 0.1) is 5.82 Å². The lowest BCUT2D eigenvalue weighted by molar-refractivity contribution is 0.0654. The van der Waals surface area contributed by atoms with Crippen molar-refractivity contribution in [2.45, 2.75) is 32.0 Å². The van der Waals surface area contributed by atoms with E-state index in [4.69, 9.17) is 4.74 Å². The van der Waals surface area contributed by atoms with Gasteiger partial charge in [-0.05, 0) is 29.7 Å². The number of aliphatic hydroxyl groups excluding tert-OH is 1.